The number of carbonyl (C=O) groups excluding carboxylic acids is 1. The van der Waals surface area contributed by atoms with Crippen LogP contribution in [0.1, 0.15) is 18.6 Å². The van der Waals surface area contributed by atoms with Crippen LogP contribution < -0.4 is 5.32 Å². The molecule has 1 aromatic carbocycles. The zero-order valence-electron chi connectivity index (χ0n) is 13.6. The number of fused-ring (bicyclic) bond motifs is 1. The summed E-state index contributed by atoms with van der Waals surface area (Å²) in [7, 11) is 0. The molecule has 0 aliphatic carbocycles. The average Bonchev–Trinajstić information content (AvgIpc) is 3.31. The molecule has 3 heterocycles. The number of imidazole rings is 1. The van der Waals surface area contributed by atoms with Gasteiger partial charge in [-0.25, -0.2) is 9.97 Å². The SMILES string of the molecule is C[C@H](C(=O)Nc1ccc(-n2ccnc2)nc1)c1cc2ccccc2o1. The highest BCUT2D eigenvalue weighted by Gasteiger charge is 2.19. The maximum absolute atomic E-state index is 12.5. The van der Waals surface area contributed by atoms with Gasteiger partial charge in [0.2, 0.25) is 5.91 Å². The van der Waals surface area contributed by atoms with E-state index in [-0.39, 0.29) is 5.91 Å². The van der Waals surface area contributed by atoms with Gasteiger partial charge in [-0.2, -0.15) is 0 Å². The number of pyridine rings is 1. The Balaban J connectivity index is 1.49. The average molecular weight is 332 g/mol. The molecule has 0 saturated heterocycles. The van der Waals surface area contributed by atoms with Gasteiger partial charge >= 0.3 is 0 Å². The van der Waals surface area contributed by atoms with Gasteiger partial charge in [-0.05, 0) is 31.2 Å². The van der Waals surface area contributed by atoms with Crippen molar-refractivity contribution in [1.82, 2.24) is 14.5 Å². The van der Waals surface area contributed by atoms with Gasteiger partial charge in [0.1, 0.15) is 23.5 Å². The van der Waals surface area contributed by atoms with E-state index >= 15 is 0 Å². The van der Waals surface area contributed by atoms with Crippen molar-refractivity contribution in [2.24, 2.45) is 0 Å². The molecule has 25 heavy (non-hydrogen) atoms. The number of para-hydroxylation sites is 1. The number of aromatic nitrogens is 3. The number of amides is 1. The Morgan fingerprint density at radius 1 is 1.24 bits per heavy atom. The minimum absolute atomic E-state index is 0.142. The van der Waals surface area contributed by atoms with Crippen LogP contribution in [0, 0.1) is 0 Å². The highest BCUT2D eigenvalue weighted by atomic mass is 16.3. The van der Waals surface area contributed by atoms with Crippen molar-refractivity contribution >= 4 is 22.6 Å². The Labute approximate surface area is 144 Å². The first-order chi connectivity index (χ1) is 12.2. The lowest BCUT2D eigenvalue weighted by atomic mass is 10.1. The van der Waals surface area contributed by atoms with Gasteiger partial charge in [0.15, 0.2) is 0 Å². The van der Waals surface area contributed by atoms with Crippen LogP contribution in [0.3, 0.4) is 0 Å². The van der Waals surface area contributed by atoms with E-state index < -0.39 is 5.92 Å². The summed E-state index contributed by atoms with van der Waals surface area (Å²) in [5.74, 6) is 0.833. The molecule has 3 aromatic heterocycles. The normalized spacial score (nSPS) is 12.2. The first-order valence-electron chi connectivity index (χ1n) is 7.94. The molecule has 1 N–H and O–H groups in total. The zero-order chi connectivity index (χ0) is 17.2. The summed E-state index contributed by atoms with van der Waals surface area (Å²) >= 11 is 0. The maximum atomic E-state index is 12.5. The smallest absolute Gasteiger partial charge is 0.234 e. The number of carbonyl (C=O) groups is 1. The van der Waals surface area contributed by atoms with Gasteiger partial charge < -0.3 is 9.73 Å². The summed E-state index contributed by atoms with van der Waals surface area (Å²) in [6.07, 6.45) is 6.79. The maximum Gasteiger partial charge on any atom is 0.234 e. The van der Waals surface area contributed by atoms with Crippen LogP contribution in [-0.2, 0) is 4.79 Å². The zero-order valence-corrected chi connectivity index (χ0v) is 13.6. The van der Waals surface area contributed by atoms with E-state index in [1.807, 2.05) is 55.6 Å². The second-order valence-electron chi connectivity index (χ2n) is 5.77. The summed E-state index contributed by atoms with van der Waals surface area (Å²) in [5.41, 5.74) is 1.42. The first kappa shape index (κ1) is 15.1. The molecule has 0 bridgehead atoms. The Morgan fingerprint density at radius 3 is 2.84 bits per heavy atom. The third-order valence-corrected chi connectivity index (χ3v) is 4.05. The number of furan rings is 1. The summed E-state index contributed by atoms with van der Waals surface area (Å²) in [5, 5.41) is 3.86. The monoisotopic (exact) mass is 332 g/mol. The number of anilines is 1. The van der Waals surface area contributed by atoms with Crippen molar-refractivity contribution in [2.45, 2.75) is 12.8 Å². The third-order valence-electron chi connectivity index (χ3n) is 4.05. The van der Waals surface area contributed by atoms with Crippen LogP contribution >= 0.6 is 0 Å². The van der Waals surface area contributed by atoms with Gasteiger partial charge in [0.25, 0.3) is 0 Å². The molecule has 1 atom stereocenters. The van der Waals surface area contributed by atoms with E-state index in [0.717, 1.165) is 16.8 Å². The predicted molar refractivity (Wildman–Crippen MR) is 94.6 cm³/mol. The fraction of sp³-hybridized carbons (Fsp3) is 0.105. The van der Waals surface area contributed by atoms with E-state index in [1.165, 1.54) is 0 Å². The molecule has 0 spiro atoms. The van der Waals surface area contributed by atoms with E-state index in [0.29, 0.717) is 11.4 Å². The molecule has 1 amide bonds. The molecule has 6 nitrogen and oxygen atoms in total. The molecule has 0 fully saturated rings. The van der Waals surface area contributed by atoms with Gasteiger partial charge in [-0.15, -0.1) is 0 Å². The largest absolute Gasteiger partial charge is 0.460 e. The molecule has 124 valence electrons. The summed E-state index contributed by atoms with van der Waals surface area (Å²) < 4.78 is 7.56. The van der Waals surface area contributed by atoms with Crippen molar-refractivity contribution in [3.63, 3.8) is 0 Å². The molecule has 0 radical (unpaired) electrons. The molecule has 0 saturated carbocycles. The van der Waals surface area contributed by atoms with Crippen molar-refractivity contribution in [3.8, 4) is 5.82 Å². The fourth-order valence-electron chi connectivity index (χ4n) is 2.60. The summed E-state index contributed by atoms with van der Waals surface area (Å²) in [6.45, 7) is 1.82. The predicted octanol–water partition coefficient (Wildman–Crippen LogP) is 3.76. The van der Waals surface area contributed by atoms with E-state index in [9.17, 15) is 4.79 Å². The van der Waals surface area contributed by atoms with E-state index in [4.69, 9.17) is 4.42 Å². The van der Waals surface area contributed by atoms with E-state index in [2.05, 4.69) is 15.3 Å². The summed E-state index contributed by atoms with van der Waals surface area (Å²) in [4.78, 5) is 20.8. The quantitative estimate of drug-likeness (QED) is 0.617. The topological polar surface area (TPSA) is 73.0 Å². The van der Waals surface area contributed by atoms with Crippen LogP contribution in [0.4, 0.5) is 5.69 Å². The number of rotatable bonds is 4. The fourth-order valence-corrected chi connectivity index (χ4v) is 2.60. The number of hydrogen-bond acceptors (Lipinski definition) is 4. The number of benzene rings is 1. The Bertz CT molecular complexity index is 971. The second kappa shape index (κ2) is 6.24. The molecule has 0 aliphatic rings. The van der Waals surface area contributed by atoms with Crippen LogP contribution in [0.25, 0.3) is 16.8 Å². The number of hydrogen-bond donors (Lipinski definition) is 1. The van der Waals surface area contributed by atoms with Crippen LogP contribution in [0.2, 0.25) is 0 Å². The molecular formula is C19H16N4O2. The number of nitrogens with one attached hydrogen (secondary N) is 1. The van der Waals surface area contributed by atoms with Crippen molar-refractivity contribution in [2.75, 3.05) is 5.32 Å². The first-order valence-corrected chi connectivity index (χ1v) is 7.94. The lowest BCUT2D eigenvalue weighted by Crippen LogP contribution is -2.18. The van der Waals surface area contributed by atoms with Crippen LogP contribution in [-0.4, -0.2) is 20.4 Å². The molecule has 0 aliphatic heterocycles. The van der Waals surface area contributed by atoms with Gasteiger partial charge in [-0.3, -0.25) is 9.36 Å². The Hall–Kier alpha value is -3.41. The molecule has 4 aromatic rings. The molecule has 0 unspecified atom stereocenters. The van der Waals surface area contributed by atoms with Crippen LogP contribution in [0.5, 0.6) is 0 Å². The summed E-state index contributed by atoms with van der Waals surface area (Å²) in [6, 6.07) is 13.2. The minimum Gasteiger partial charge on any atom is -0.460 e. The lowest BCUT2D eigenvalue weighted by molar-refractivity contribution is -0.117. The van der Waals surface area contributed by atoms with Crippen molar-refractivity contribution in [1.29, 1.82) is 0 Å². The van der Waals surface area contributed by atoms with Gasteiger partial charge in [-0.1, -0.05) is 18.2 Å². The number of nitrogens with zero attached hydrogens (tertiary/aromatic N) is 3. The molecule has 4 rings (SSSR count). The van der Waals surface area contributed by atoms with Crippen LogP contribution in [0.15, 0.2) is 71.8 Å². The molecule has 6 heteroatoms. The van der Waals surface area contributed by atoms with Gasteiger partial charge in [0, 0.05) is 17.8 Å². The second-order valence-corrected chi connectivity index (χ2v) is 5.77. The molecular weight excluding hydrogens is 316 g/mol. The van der Waals surface area contributed by atoms with Gasteiger partial charge in [0.05, 0.1) is 17.8 Å². The Kier molecular flexibility index (Phi) is 3.78. The minimum atomic E-state index is -0.402. The lowest BCUT2D eigenvalue weighted by Gasteiger charge is -2.10. The van der Waals surface area contributed by atoms with Crippen molar-refractivity contribution in [3.05, 3.63) is 73.1 Å². The van der Waals surface area contributed by atoms with Crippen molar-refractivity contribution < 1.29 is 9.21 Å². The standard InChI is InChI=1S/C19H16N4O2/c1-13(17-10-14-4-2-3-5-16(14)25-17)19(24)22-15-6-7-18(21-11-15)23-9-8-20-12-23/h2-13H,1H3,(H,22,24)/t13-/m0/s1. The highest BCUT2D eigenvalue weighted by Crippen LogP contribution is 2.26. The van der Waals surface area contributed by atoms with E-state index in [1.54, 1.807) is 23.3 Å². The Morgan fingerprint density at radius 2 is 2.12 bits per heavy atom. The highest BCUT2D eigenvalue weighted by molar-refractivity contribution is 5.95. The third kappa shape index (κ3) is 3.01.